The van der Waals surface area contributed by atoms with Gasteiger partial charge in [0.15, 0.2) is 11.5 Å². The third-order valence-electron chi connectivity index (χ3n) is 3.72. The fourth-order valence-corrected chi connectivity index (χ4v) is 2.35. The van der Waals surface area contributed by atoms with Crippen LogP contribution in [0.15, 0.2) is 48.8 Å². The number of methoxy groups -OCH3 is 2. The Kier molecular flexibility index (Phi) is 5.64. The van der Waals surface area contributed by atoms with E-state index in [2.05, 4.69) is 20.6 Å². The molecule has 1 aromatic heterocycles. The zero-order valence-corrected chi connectivity index (χ0v) is 15.0. The van der Waals surface area contributed by atoms with Crippen LogP contribution >= 0.6 is 0 Å². The van der Waals surface area contributed by atoms with Crippen LogP contribution in [0.4, 0.5) is 26.0 Å². The predicted octanol–water partition coefficient (Wildman–Crippen LogP) is 3.77. The minimum Gasteiger partial charge on any atom is -0.493 e. The highest BCUT2D eigenvalue weighted by atomic mass is 19.1. The maximum atomic E-state index is 13.6. The van der Waals surface area contributed by atoms with Gasteiger partial charge in [-0.2, -0.15) is 0 Å². The van der Waals surface area contributed by atoms with Crippen LogP contribution in [0.2, 0.25) is 0 Å². The van der Waals surface area contributed by atoms with E-state index < -0.39 is 17.5 Å². The molecule has 0 atom stereocenters. The zero-order valence-electron chi connectivity index (χ0n) is 15.0. The zero-order chi connectivity index (χ0) is 20.1. The smallest absolute Gasteiger partial charge is 0.275 e. The Labute approximate surface area is 159 Å². The number of aromatic nitrogens is 2. The summed E-state index contributed by atoms with van der Waals surface area (Å²) in [5.74, 6) is -0.779. The first-order chi connectivity index (χ1) is 13.5. The summed E-state index contributed by atoms with van der Waals surface area (Å²) in [6.45, 7) is 0. The molecular weight excluding hydrogens is 370 g/mol. The van der Waals surface area contributed by atoms with Crippen molar-refractivity contribution in [3.8, 4) is 11.5 Å². The van der Waals surface area contributed by atoms with Gasteiger partial charge in [0.05, 0.1) is 32.3 Å². The summed E-state index contributed by atoms with van der Waals surface area (Å²) in [6.07, 6.45) is 2.59. The van der Waals surface area contributed by atoms with Crippen LogP contribution in [0.25, 0.3) is 0 Å². The highest BCUT2D eigenvalue weighted by Gasteiger charge is 2.12. The van der Waals surface area contributed by atoms with E-state index in [1.807, 2.05) is 0 Å². The van der Waals surface area contributed by atoms with Crippen molar-refractivity contribution < 1.29 is 23.0 Å². The highest BCUT2D eigenvalue weighted by molar-refractivity contribution is 6.02. The van der Waals surface area contributed by atoms with Gasteiger partial charge in [0.2, 0.25) is 0 Å². The summed E-state index contributed by atoms with van der Waals surface area (Å²) in [6, 6.07) is 8.06. The molecule has 28 heavy (non-hydrogen) atoms. The van der Waals surface area contributed by atoms with Crippen LogP contribution in [0.5, 0.6) is 11.5 Å². The van der Waals surface area contributed by atoms with Crippen LogP contribution in [0, 0.1) is 11.6 Å². The summed E-state index contributed by atoms with van der Waals surface area (Å²) in [7, 11) is 3.07. The molecule has 3 rings (SSSR count). The number of nitrogens with zero attached hydrogens (tertiary/aromatic N) is 2. The normalized spacial score (nSPS) is 10.3. The molecule has 0 aliphatic heterocycles. The van der Waals surface area contributed by atoms with Crippen molar-refractivity contribution in [1.29, 1.82) is 0 Å². The number of anilines is 3. The monoisotopic (exact) mass is 386 g/mol. The molecule has 0 radical (unpaired) electrons. The minimum absolute atomic E-state index is 0.0263. The van der Waals surface area contributed by atoms with Crippen molar-refractivity contribution in [3.63, 3.8) is 0 Å². The first-order valence-corrected chi connectivity index (χ1v) is 8.07. The number of amides is 1. The second-order valence-corrected chi connectivity index (χ2v) is 5.56. The Hall–Kier alpha value is -3.75. The maximum Gasteiger partial charge on any atom is 0.275 e. The van der Waals surface area contributed by atoms with Crippen molar-refractivity contribution >= 4 is 23.1 Å². The first-order valence-electron chi connectivity index (χ1n) is 8.07. The van der Waals surface area contributed by atoms with Gasteiger partial charge in [-0.05, 0) is 24.3 Å². The van der Waals surface area contributed by atoms with Gasteiger partial charge in [-0.3, -0.25) is 4.79 Å². The van der Waals surface area contributed by atoms with Crippen molar-refractivity contribution in [3.05, 3.63) is 66.1 Å². The molecule has 0 saturated heterocycles. The molecule has 0 bridgehead atoms. The number of carbonyl (C=O) groups excluding carboxylic acids is 1. The number of carbonyl (C=O) groups is 1. The van der Waals surface area contributed by atoms with Crippen molar-refractivity contribution in [2.24, 2.45) is 0 Å². The van der Waals surface area contributed by atoms with E-state index in [4.69, 9.17) is 9.47 Å². The lowest BCUT2D eigenvalue weighted by atomic mass is 10.2. The largest absolute Gasteiger partial charge is 0.493 e. The van der Waals surface area contributed by atoms with Crippen LogP contribution in [-0.2, 0) is 0 Å². The van der Waals surface area contributed by atoms with E-state index in [-0.39, 0.29) is 11.4 Å². The summed E-state index contributed by atoms with van der Waals surface area (Å²) in [5.41, 5.74) is 0.500. The molecule has 0 unspecified atom stereocenters. The van der Waals surface area contributed by atoms with Gasteiger partial charge >= 0.3 is 0 Å². The second-order valence-electron chi connectivity index (χ2n) is 5.56. The van der Waals surface area contributed by atoms with Gasteiger partial charge < -0.3 is 20.1 Å². The molecule has 9 heteroatoms. The Bertz CT molecular complexity index is 997. The average Bonchev–Trinajstić information content (AvgIpc) is 2.70. The molecule has 3 aromatic rings. The Morgan fingerprint density at radius 1 is 0.964 bits per heavy atom. The second kappa shape index (κ2) is 8.30. The Morgan fingerprint density at radius 3 is 2.39 bits per heavy atom. The van der Waals surface area contributed by atoms with Gasteiger partial charge in [0.1, 0.15) is 23.1 Å². The quantitative estimate of drug-likeness (QED) is 0.671. The fraction of sp³-hybridized carbons (Fsp3) is 0.105. The average molecular weight is 386 g/mol. The topological polar surface area (TPSA) is 85.4 Å². The summed E-state index contributed by atoms with van der Waals surface area (Å²) < 4.78 is 37.0. The third kappa shape index (κ3) is 4.32. The molecule has 0 spiro atoms. The van der Waals surface area contributed by atoms with Crippen molar-refractivity contribution in [2.75, 3.05) is 24.9 Å². The standard InChI is InChI=1S/C19H16F2N4O3/c1-27-16-6-4-12(8-17(16)28-2)24-18-10-22-15(9-23-18)19(26)25-14-5-3-11(20)7-13(14)21/h3-10H,1-2H3,(H,23,24)(H,25,26). The Morgan fingerprint density at radius 2 is 1.75 bits per heavy atom. The van der Waals surface area contributed by atoms with Crippen LogP contribution in [0.3, 0.4) is 0 Å². The van der Waals surface area contributed by atoms with E-state index in [0.29, 0.717) is 29.1 Å². The maximum absolute atomic E-state index is 13.6. The number of nitrogens with one attached hydrogen (secondary N) is 2. The molecule has 2 aromatic carbocycles. The molecule has 1 heterocycles. The van der Waals surface area contributed by atoms with Crippen molar-refractivity contribution in [1.82, 2.24) is 9.97 Å². The van der Waals surface area contributed by atoms with E-state index in [0.717, 1.165) is 12.1 Å². The highest BCUT2D eigenvalue weighted by Crippen LogP contribution is 2.30. The van der Waals surface area contributed by atoms with E-state index in [1.165, 1.54) is 26.6 Å². The number of rotatable bonds is 6. The number of halogens is 2. The molecule has 0 saturated carbocycles. The summed E-state index contributed by atoms with van der Waals surface area (Å²) >= 11 is 0. The lowest BCUT2D eigenvalue weighted by Gasteiger charge is -2.11. The van der Waals surface area contributed by atoms with Crippen molar-refractivity contribution in [2.45, 2.75) is 0 Å². The summed E-state index contributed by atoms with van der Waals surface area (Å²) in [4.78, 5) is 20.3. The number of hydrogen-bond donors (Lipinski definition) is 2. The molecule has 2 N–H and O–H groups in total. The molecule has 0 aliphatic carbocycles. The SMILES string of the molecule is COc1ccc(Nc2cnc(C(=O)Nc3ccc(F)cc3F)cn2)cc1OC. The number of hydrogen-bond acceptors (Lipinski definition) is 6. The molecule has 0 aliphatic rings. The lowest BCUT2D eigenvalue weighted by molar-refractivity contribution is 0.102. The van der Waals surface area contributed by atoms with Gasteiger partial charge in [-0.25, -0.2) is 18.7 Å². The molecular formula is C19H16F2N4O3. The van der Waals surface area contributed by atoms with Gasteiger partial charge in [-0.1, -0.05) is 0 Å². The van der Waals surface area contributed by atoms with E-state index >= 15 is 0 Å². The third-order valence-corrected chi connectivity index (χ3v) is 3.72. The molecule has 1 amide bonds. The van der Waals surface area contributed by atoms with Gasteiger partial charge in [0, 0.05) is 17.8 Å². The fourth-order valence-electron chi connectivity index (χ4n) is 2.35. The van der Waals surface area contributed by atoms with Gasteiger partial charge in [0.25, 0.3) is 5.91 Å². The van der Waals surface area contributed by atoms with Crippen LogP contribution in [0.1, 0.15) is 10.5 Å². The molecule has 0 fully saturated rings. The molecule has 144 valence electrons. The molecule has 7 nitrogen and oxygen atoms in total. The lowest BCUT2D eigenvalue weighted by Crippen LogP contribution is -2.15. The Balaban J connectivity index is 1.70. The van der Waals surface area contributed by atoms with E-state index in [1.54, 1.807) is 18.2 Å². The minimum atomic E-state index is -0.881. The first kappa shape index (κ1) is 19.0. The summed E-state index contributed by atoms with van der Waals surface area (Å²) in [5, 5.41) is 5.34. The van der Waals surface area contributed by atoms with Crippen LogP contribution in [-0.4, -0.2) is 30.1 Å². The van der Waals surface area contributed by atoms with E-state index in [9.17, 15) is 13.6 Å². The predicted molar refractivity (Wildman–Crippen MR) is 99.2 cm³/mol. The number of ether oxygens (including phenoxy) is 2. The van der Waals surface area contributed by atoms with Crippen LogP contribution < -0.4 is 20.1 Å². The van der Waals surface area contributed by atoms with Gasteiger partial charge in [-0.15, -0.1) is 0 Å². The number of benzene rings is 2.